The third kappa shape index (κ3) is 1.82. The van der Waals surface area contributed by atoms with Gasteiger partial charge in [0.15, 0.2) is 0 Å². The van der Waals surface area contributed by atoms with Crippen molar-refractivity contribution in [2.75, 3.05) is 0 Å². The number of aryl methyl sites for hydroxylation is 1. The van der Waals surface area contributed by atoms with Gasteiger partial charge in [0.1, 0.15) is 5.82 Å². The summed E-state index contributed by atoms with van der Waals surface area (Å²) in [5.41, 5.74) is 1.82. The van der Waals surface area contributed by atoms with E-state index in [0.717, 1.165) is 22.3 Å². The van der Waals surface area contributed by atoms with Crippen molar-refractivity contribution in [3.05, 3.63) is 46.9 Å². The molecule has 0 atom stereocenters. The molecule has 0 saturated carbocycles. The molecule has 0 unspecified atom stereocenters. The number of aromatic nitrogens is 5. The Hall–Kier alpha value is -2.01. The van der Waals surface area contributed by atoms with E-state index in [-0.39, 0.29) is 0 Å². The normalized spacial score (nSPS) is 11.0. The number of benzene rings is 1. The predicted octanol–water partition coefficient (Wildman–Crippen LogP) is 2.23. The zero-order chi connectivity index (χ0) is 12.5. The topological polar surface area (TPSA) is 56.5 Å². The monoisotopic (exact) mass is 259 g/mol. The van der Waals surface area contributed by atoms with Crippen molar-refractivity contribution < 1.29 is 0 Å². The smallest absolute Gasteiger partial charge is 0.148 e. The zero-order valence-electron chi connectivity index (χ0n) is 9.71. The largest absolute Gasteiger partial charge is 0.256 e. The lowest BCUT2D eigenvalue weighted by atomic mass is 10.1. The van der Waals surface area contributed by atoms with Gasteiger partial charge >= 0.3 is 0 Å². The van der Waals surface area contributed by atoms with E-state index in [1.165, 1.54) is 0 Å². The van der Waals surface area contributed by atoms with Gasteiger partial charge in [-0.15, -0.1) is 5.10 Å². The minimum Gasteiger partial charge on any atom is -0.256 e. The molecular formula is C12H10ClN5. The molecule has 3 rings (SSSR count). The minimum absolute atomic E-state index is 0.520. The standard InChI is InChI=1S/C12H10ClN5/c1-8-15-16-17-18(8)7-10-11(13)5-4-9-3-2-6-14-12(9)10/h2-6H,7H2,1H3. The summed E-state index contributed by atoms with van der Waals surface area (Å²) in [4.78, 5) is 4.39. The molecule has 0 aliphatic heterocycles. The molecule has 2 aromatic heterocycles. The first-order valence-corrected chi connectivity index (χ1v) is 5.88. The van der Waals surface area contributed by atoms with Crippen molar-refractivity contribution in [2.24, 2.45) is 0 Å². The molecule has 2 heterocycles. The fourth-order valence-corrected chi connectivity index (χ4v) is 2.09. The van der Waals surface area contributed by atoms with Gasteiger partial charge < -0.3 is 0 Å². The average molecular weight is 260 g/mol. The van der Waals surface area contributed by atoms with Gasteiger partial charge in [0, 0.05) is 22.2 Å². The van der Waals surface area contributed by atoms with Gasteiger partial charge in [-0.3, -0.25) is 4.98 Å². The molecule has 0 amide bonds. The Kier molecular flexibility index (Phi) is 2.68. The number of hydrogen-bond donors (Lipinski definition) is 0. The first-order chi connectivity index (χ1) is 8.75. The molecule has 0 bridgehead atoms. The zero-order valence-corrected chi connectivity index (χ0v) is 10.5. The van der Waals surface area contributed by atoms with Crippen LogP contribution in [0.3, 0.4) is 0 Å². The lowest BCUT2D eigenvalue weighted by molar-refractivity contribution is 0.635. The molecule has 0 spiro atoms. The second-order valence-electron chi connectivity index (χ2n) is 3.98. The highest BCUT2D eigenvalue weighted by Gasteiger charge is 2.10. The molecule has 90 valence electrons. The molecule has 0 radical (unpaired) electrons. The number of fused-ring (bicyclic) bond motifs is 1. The van der Waals surface area contributed by atoms with E-state index in [1.54, 1.807) is 10.9 Å². The molecular weight excluding hydrogens is 250 g/mol. The molecule has 3 aromatic rings. The van der Waals surface area contributed by atoms with Crippen LogP contribution in [-0.2, 0) is 6.54 Å². The fourth-order valence-electron chi connectivity index (χ4n) is 1.88. The minimum atomic E-state index is 0.520. The summed E-state index contributed by atoms with van der Waals surface area (Å²) in [6, 6.07) is 7.75. The van der Waals surface area contributed by atoms with Crippen LogP contribution in [0.25, 0.3) is 10.9 Å². The van der Waals surface area contributed by atoms with E-state index < -0.39 is 0 Å². The van der Waals surface area contributed by atoms with Crippen LogP contribution < -0.4 is 0 Å². The number of hydrogen-bond acceptors (Lipinski definition) is 4. The molecule has 0 N–H and O–H groups in total. The maximum absolute atomic E-state index is 6.25. The van der Waals surface area contributed by atoms with Crippen LogP contribution in [0.4, 0.5) is 0 Å². The summed E-state index contributed by atoms with van der Waals surface area (Å²) in [7, 11) is 0. The number of halogens is 1. The number of nitrogens with zero attached hydrogens (tertiary/aromatic N) is 5. The summed E-state index contributed by atoms with van der Waals surface area (Å²) in [5, 5.41) is 13.2. The quantitative estimate of drug-likeness (QED) is 0.708. The number of pyridine rings is 1. The van der Waals surface area contributed by atoms with Gasteiger partial charge in [-0.1, -0.05) is 23.7 Å². The van der Waals surface area contributed by atoms with Crippen molar-refractivity contribution in [2.45, 2.75) is 13.5 Å². The highest BCUT2D eigenvalue weighted by molar-refractivity contribution is 6.32. The van der Waals surface area contributed by atoms with Crippen LogP contribution in [0.1, 0.15) is 11.4 Å². The Bertz CT molecular complexity index is 707. The van der Waals surface area contributed by atoms with E-state index in [1.807, 2.05) is 31.2 Å². The molecule has 0 saturated heterocycles. The summed E-state index contributed by atoms with van der Waals surface area (Å²) in [6.45, 7) is 2.37. The second-order valence-corrected chi connectivity index (χ2v) is 4.39. The Morgan fingerprint density at radius 3 is 2.94 bits per heavy atom. The molecule has 0 aliphatic carbocycles. The van der Waals surface area contributed by atoms with E-state index in [9.17, 15) is 0 Å². The molecule has 0 aliphatic rings. The summed E-state index contributed by atoms with van der Waals surface area (Å²) in [5.74, 6) is 0.749. The Balaban J connectivity index is 2.16. The third-order valence-electron chi connectivity index (χ3n) is 2.84. The van der Waals surface area contributed by atoms with Crippen LogP contribution in [0.5, 0.6) is 0 Å². The highest BCUT2D eigenvalue weighted by atomic mass is 35.5. The summed E-state index contributed by atoms with van der Waals surface area (Å²) < 4.78 is 1.70. The SMILES string of the molecule is Cc1nnnn1Cc1c(Cl)ccc2cccnc12. The van der Waals surface area contributed by atoms with Crippen LogP contribution >= 0.6 is 11.6 Å². The van der Waals surface area contributed by atoms with Gasteiger partial charge in [-0.2, -0.15) is 0 Å². The maximum atomic E-state index is 6.25. The first kappa shape index (κ1) is 11.1. The van der Waals surface area contributed by atoms with Gasteiger partial charge in [-0.25, -0.2) is 4.68 Å². The number of rotatable bonds is 2. The van der Waals surface area contributed by atoms with Crippen molar-refractivity contribution in [1.29, 1.82) is 0 Å². The first-order valence-electron chi connectivity index (χ1n) is 5.50. The van der Waals surface area contributed by atoms with Crippen molar-refractivity contribution in [3.8, 4) is 0 Å². The van der Waals surface area contributed by atoms with Crippen molar-refractivity contribution >= 4 is 22.5 Å². The lowest BCUT2D eigenvalue weighted by Gasteiger charge is -2.08. The summed E-state index contributed by atoms with van der Waals surface area (Å²) in [6.07, 6.45) is 1.76. The molecule has 5 nitrogen and oxygen atoms in total. The van der Waals surface area contributed by atoms with Crippen LogP contribution in [0, 0.1) is 6.92 Å². The van der Waals surface area contributed by atoms with Crippen LogP contribution in [0.15, 0.2) is 30.5 Å². The van der Waals surface area contributed by atoms with Crippen LogP contribution in [0.2, 0.25) is 5.02 Å². The van der Waals surface area contributed by atoms with Crippen molar-refractivity contribution in [1.82, 2.24) is 25.2 Å². The third-order valence-corrected chi connectivity index (χ3v) is 3.20. The number of tetrazole rings is 1. The molecule has 6 heteroatoms. The maximum Gasteiger partial charge on any atom is 0.148 e. The van der Waals surface area contributed by atoms with E-state index in [0.29, 0.717) is 11.6 Å². The molecule has 0 fully saturated rings. The lowest BCUT2D eigenvalue weighted by Crippen LogP contribution is -2.06. The van der Waals surface area contributed by atoms with Crippen LogP contribution in [-0.4, -0.2) is 25.2 Å². The average Bonchev–Trinajstić information content (AvgIpc) is 2.79. The van der Waals surface area contributed by atoms with E-state index >= 15 is 0 Å². The van der Waals surface area contributed by atoms with Gasteiger partial charge in [0.05, 0.1) is 12.1 Å². The van der Waals surface area contributed by atoms with Crippen molar-refractivity contribution in [3.63, 3.8) is 0 Å². The Morgan fingerprint density at radius 1 is 1.28 bits per heavy atom. The molecule has 18 heavy (non-hydrogen) atoms. The van der Waals surface area contributed by atoms with Gasteiger partial charge in [0.25, 0.3) is 0 Å². The Labute approximate surface area is 108 Å². The fraction of sp³-hybridized carbons (Fsp3) is 0.167. The van der Waals surface area contributed by atoms with E-state index in [2.05, 4.69) is 20.5 Å². The Morgan fingerprint density at radius 2 is 2.17 bits per heavy atom. The second kappa shape index (κ2) is 4.34. The van der Waals surface area contributed by atoms with Gasteiger partial charge in [0.2, 0.25) is 0 Å². The van der Waals surface area contributed by atoms with Gasteiger partial charge in [-0.05, 0) is 29.5 Å². The highest BCUT2D eigenvalue weighted by Crippen LogP contribution is 2.25. The summed E-state index contributed by atoms with van der Waals surface area (Å²) >= 11 is 6.25. The van der Waals surface area contributed by atoms with E-state index in [4.69, 9.17) is 11.6 Å². The predicted molar refractivity (Wildman–Crippen MR) is 68.4 cm³/mol. The molecule has 1 aromatic carbocycles.